The number of nitrogens with zero attached hydrogens (tertiary/aromatic N) is 2. The van der Waals surface area contributed by atoms with Gasteiger partial charge in [0, 0.05) is 23.0 Å². The van der Waals surface area contributed by atoms with E-state index in [9.17, 15) is 28.2 Å². The topological polar surface area (TPSA) is 124 Å². The average molecular weight is 484 g/mol. The minimum absolute atomic E-state index is 0.0799. The molecule has 4 rings (SSSR count). The Bertz CT molecular complexity index is 1340. The molecule has 3 aromatic rings. The van der Waals surface area contributed by atoms with E-state index in [1.165, 1.54) is 37.4 Å². The van der Waals surface area contributed by atoms with Gasteiger partial charge in [-0.05, 0) is 49.2 Å². The molecule has 1 heterocycles. The maximum atomic E-state index is 13.5. The smallest absolute Gasteiger partial charge is 0.332 e. The molecular formula is C24H23N2O7S. The van der Waals surface area contributed by atoms with E-state index in [1.54, 1.807) is 35.2 Å². The van der Waals surface area contributed by atoms with Crippen molar-refractivity contribution in [3.8, 4) is 5.75 Å². The van der Waals surface area contributed by atoms with Crippen LogP contribution in [0.2, 0.25) is 0 Å². The van der Waals surface area contributed by atoms with E-state index in [2.05, 4.69) is 0 Å². The lowest BCUT2D eigenvalue weighted by molar-refractivity contribution is -0.136. The Morgan fingerprint density at radius 2 is 1.68 bits per heavy atom. The number of benzene rings is 3. The highest BCUT2D eigenvalue weighted by atomic mass is 32.2. The van der Waals surface area contributed by atoms with Gasteiger partial charge in [0.1, 0.15) is 12.3 Å². The maximum Gasteiger partial charge on any atom is 0.332 e. The van der Waals surface area contributed by atoms with Crippen molar-refractivity contribution in [2.75, 3.05) is 29.4 Å². The number of carboxylic acids is 2. The summed E-state index contributed by atoms with van der Waals surface area (Å²) in [5.74, 6) is -1.85. The fourth-order valence-corrected chi connectivity index (χ4v) is 5.61. The van der Waals surface area contributed by atoms with E-state index in [1.807, 2.05) is 0 Å². The van der Waals surface area contributed by atoms with Gasteiger partial charge in [-0.3, -0.25) is 9.10 Å². The SMILES string of the molecule is COc1ccc(S(=O)(=O)N(CC(=O)O)c2ccc(N3CCC[C]3C(=O)O)c3ccccc23)cc1. The van der Waals surface area contributed by atoms with E-state index >= 15 is 0 Å². The number of fused-ring (bicyclic) bond motifs is 1. The molecule has 1 fully saturated rings. The normalized spacial score (nSPS) is 14.3. The highest BCUT2D eigenvalue weighted by Gasteiger charge is 2.34. The van der Waals surface area contributed by atoms with Crippen molar-refractivity contribution in [2.24, 2.45) is 0 Å². The number of anilines is 2. The van der Waals surface area contributed by atoms with Crippen LogP contribution in [0.4, 0.5) is 11.4 Å². The van der Waals surface area contributed by atoms with Crippen LogP contribution < -0.4 is 13.9 Å². The van der Waals surface area contributed by atoms with Gasteiger partial charge in [0.15, 0.2) is 6.04 Å². The fourth-order valence-electron chi connectivity index (χ4n) is 4.18. The Kier molecular flexibility index (Phi) is 6.34. The lowest BCUT2D eigenvalue weighted by atomic mass is 10.0. The molecule has 0 unspecified atom stereocenters. The van der Waals surface area contributed by atoms with Gasteiger partial charge in [-0.15, -0.1) is 0 Å². The number of carboxylic acid groups (broad SMARTS) is 2. The van der Waals surface area contributed by atoms with Gasteiger partial charge in [-0.1, -0.05) is 24.3 Å². The summed E-state index contributed by atoms with van der Waals surface area (Å²) in [5.41, 5.74) is 0.819. The van der Waals surface area contributed by atoms with Crippen LogP contribution in [-0.4, -0.2) is 50.8 Å². The van der Waals surface area contributed by atoms with Gasteiger partial charge < -0.3 is 19.8 Å². The minimum Gasteiger partial charge on any atom is -0.497 e. The minimum atomic E-state index is -4.24. The number of rotatable bonds is 8. The van der Waals surface area contributed by atoms with Gasteiger partial charge in [-0.2, -0.15) is 0 Å². The Morgan fingerprint density at radius 3 is 2.29 bits per heavy atom. The predicted molar refractivity (Wildman–Crippen MR) is 127 cm³/mol. The van der Waals surface area contributed by atoms with Crippen LogP contribution >= 0.6 is 0 Å². The monoisotopic (exact) mass is 483 g/mol. The third kappa shape index (κ3) is 4.24. The first-order valence-corrected chi connectivity index (χ1v) is 11.9. The number of aliphatic carboxylic acids is 2. The first-order chi connectivity index (χ1) is 16.2. The molecule has 1 saturated heterocycles. The second kappa shape index (κ2) is 9.22. The van der Waals surface area contributed by atoms with Gasteiger partial charge in [0.2, 0.25) is 0 Å². The van der Waals surface area contributed by atoms with Gasteiger partial charge in [0.25, 0.3) is 10.0 Å². The first-order valence-electron chi connectivity index (χ1n) is 10.5. The van der Waals surface area contributed by atoms with Crippen LogP contribution in [0.1, 0.15) is 12.8 Å². The summed E-state index contributed by atoms with van der Waals surface area (Å²) >= 11 is 0. The second-order valence-electron chi connectivity index (χ2n) is 7.74. The number of methoxy groups -OCH3 is 1. The summed E-state index contributed by atoms with van der Waals surface area (Å²) in [6.07, 6.45) is 1.12. The van der Waals surface area contributed by atoms with Crippen molar-refractivity contribution in [3.63, 3.8) is 0 Å². The molecule has 0 atom stereocenters. The van der Waals surface area contributed by atoms with Crippen molar-refractivity contribution in [3.05, 3.63) is 66.7 Å². The molecule has 0 amide bonds. The number of carbonyl (C=O) groups is 2. The van der Waals surface area contributed by atoms with Crippen molar-refractivity contribution in [1.29, 1.82) is 0 Å². The van der Waals surface area contributed by atoms with Crippen molar-refractivity contribution < 1.29 is 33.0 Å². The summed E-state index contributed by atoms with van der Waals surface area (Å²) in [6, 6.07) is 16.1. The third-order valence-corrected chi connectivity index (χ3v) is 7.51. The highest BCUT2D eigenvalue weighted by molar-refractivity contribution is 7.92. The quantitative estimate of drug-likeness (QED) is 0.500. The summed E-state index contributed by atoms with van der Waals surface area (Å²) in [5, 5.41) is 20.2. The molecule has 0 spiro atoms. The molecule has 177 valence electrons. The molecule has 0 aliphatic carbocycles. The molecule has 10 heteroatoms. The molecule has 0 bridgehead atoms. The molecule has 0 aromatic heterocycles. The molecule has 0 saturated carbocycles. The van der Waals surface area contributed by atoms with Crippen molar-refractivity contribution in [1.82, 2.24) is 0 Å². The van der Waals surface area contributed by atoms with Crippen LogP contribution in [0.5, 0.6) is 5.75 Å². The first kappa shape index (κ1) is 23.4. The van der Waals surface area contributed by atoms with Crippen LogP contribution in [0.3, 0.4) is 0 Å². The van der Waals surface area contributed by atoms with E-state index < -0.39 is 28.5 Å². The van der Waals surface area contributed by atoms with Crippen molar-refractivity contribution >= 4 is 44.1 Å². The van der Waals surface area contributed by atoms with Crippen LogP contribution in [0, 0.1) is 6.04 Å². The maximum absolute atomic E-state index is 13.5. The van der Waals surface area contributed by atoms with Crippen LogP contribution in [0.15, 0.2) is 65.6 Å². The van der Waals surface area contributed by atoms with E-state index in [0.717, 1.165) is 4.31 Å². The molecular weight excluding hydrogens is 460 g/mol. The number of hydrogen-bond acceptors (Lipinski definition) is 6. The van der Waals surface area contributed by atoms with E-state index in [0.29, 0.717) is 41.6 Å². The number of hydrogen-bond donors (Lipinski definition) is 2. The zero-order chi connectivity index (χ0) is 24.5. The summed E-state index contributed by atoms with van der Waals surface area (Å²) in [4.78, 5) is 25.0. The van der Waals surface area contributed by atoms with Crippen molar-refractivity contribution in [2.45, 2.75) is 17.7 Å². The molecule has 1 aliphatic heterocycles. The molecule has 1 radical (unpaired) electrons. The average Bonchev–Trinajstić information content (AvgIpc) is 3.32. The van der Waals surface area contributed by atoms with Gasteiger partial charge in [0.05, 0.1) is 17.7 Å². The third-order valence-electron chi connectivity index (χ3n) is 5.73. The lowest BCUT2D eigenvalue weighted by Gasteiger charge is -2.28. The number of sulfonamides is 1. The second-order valence-corrected chi connectivity index (χ2v) is 9.60. The van der Waals surface area contributed by atoms with Gasteiger partial charge in [-0.25, -0.2) is 13.2 Å². The van der Waals surface area contributed by atoms with Crippen LogP contribution in [0.25, 0.3) is 10.8 Å². The molecule has 34 heavy (non-hydrogen) atoms. The lowest BCUT2D eigenvalue weighted by Crippen LogP contribution is -2.36. The van der Waals surface area contributed by atoms with E-state index in [4.69, 9.17) is 4.74 Å². The Hall–Kier alpha value is -3.79. The highest BCUT2D eigenvalue weighted by Crippen LogP contribution is 2.40. The zero-order valence-electron chi connectivity index (χ0n) is 18.3. The molecule has 3 aromatic carbocycles. The fraction of sp³-hybridized carbons (Fsp3) is 0.208. The summed E-state index contributed by atoms with van der Waals surface area (Å²) in [6.45, 7) is -0.262. The largest absolute Gasteiger partial charge is 0.497 e. The zero-order valence-corrected chi connectivity index (χ0v) is 19.2. The molecule has 2 N–H and O–H groups in total. The standard InChI is InChI=1S/C24H23N2O7S/c1-33-16-8-10-17(11-9-16)34(31,32)26(15-23(27)28)21-13-12-20(18-5-2-3-6-19(18)21)25-14-4-7-22(25)24(29)30/h2-3,5-6,8-13H,4,7,14-15H2,1H3,(H,27,28)(H,29,30). The van der Waals surface area contributed by atoms with E-state index in [-0.39, 0.29) is 16.6 Å². The predicted octanol–water partition coefficient (Wildman–Crippen LogP) is 3.35. The molecule has 1 aliphatic rings. The number of ether oxygens (including phenoxy) is 1. The summed E-state index contributed by atoms with van der Waals surface area (Å²) in [7, 11) is -2.78. The summed E-state index contributed by atoms with van der Waals surface area (Å²) < 4.78 is 33.0. The Morgan fingerprint density at radius 1 is 1.00 bits per heavy atom. The Labute approximate surface area is 196 Å². The Balaban J connectivity index is 1.87. The van der Waals surface area contributed by atoms with Gasteiger partial charge >= 0.3 is 11.9 Å². The van der Waals surface area contributed by atoms with Crippen LogP contribution in [-0.2, 0) is 19.6 Å². The molecule has 9 nitrogen and oxygen atoms in total.